The van der Waals surface area contributed by atoms with Crippen LogP contribution in [0.15, 0.2) is 4.90 Å². The van der Waals surface area contributed by atoms with E-state index in [0.717, 1.165) is 0 Å². The number of halogens is 1. The van der Waals surface area contributed by atoms with Crippen LogP contribution in [0, 0.1) is 10.8 Å². The van der Waals surface area contributed by atoms with Gasteiger partial charge in [-0.25, -0.2) is 8.42 Å². The number of rotatable bonds is 4. The predicted octanol–water partition coefficient (Wildman–Crippen LogP) is 2.06. The molecule has 6 nitrogen and oxygen atoms in total. The molecular weight excluding hydrogens is 314 g/mol. The number of carbonyl (C=O) groups excluding carboxylic acids is 1. The van der Waals surface area contributed by atoms with Crippen molar-refractivity contribution < 1.29 is 13.2 Å². The Labute approximate surface area is 129 Å². The van der Waals surface area contributed by atoms with Gasteiger partial charge < -0.3 is 5.32 Å². The van der Waals surface area contributed by atoms with Crippen LogP contribution in [0.25, 0.3) is 0 Å². The van der Waals surface area contributed by atoms with Crippen LogP contribution in [0.3, 0.4) is 0 Å². The Morgan fingerprint density at radius 1 is 1.33 bits per heavy atom. The molecule has 0 bridgehead atoms. The fourth-order valence-corrected chi connectivity index (χ4v) is 4.13. The first-order valence-electron chi connectivity index (χ1n) is 6.77. The number of nitrogens with one attached hydrogen (secondary N) is 2. The average Bonchev–Trinajstić information content (AvgIpc) is 2.73. The van der Waals surface area contributed by atoms with E-state index >= 15 is 0 Å². The lowest BCUT2D eigenvalue weighted by molar-refractivity contribution is 0.0935. The molecule has 1 heterocycles. The number of H-pyrrole nitrogens is 1. The maximum absolute atomic E-state index is 12.4. The molecule has 0 unspecified atom stereocenters. The molecule has 21 heavy (non-hydrogen) atoms. The Balaban J connectivity index is 2.32. The minimum atomic E-state index is -4.03. The van der Waals surface area contributed by atoms with E-state index in [-0.39, 0.29) is 27.5 Å². The van der Waals surface area contributed by atoms with Crippen molar-refractivity contribution in [3.05, 3.63) is 11.4 Å². The molecule has 2 rings (SSSR count). The molecule has 1 amide bonds. The van der Waals surface area contributed by atoms with Gasteiger partial charge in [0.2, 0.25) is 0 Å². The van der Waals surface area contributed by atoms with Crippen LogP contribution >= 0.6 is 10.7 Å². The van der Waals surface area contributed by atoms with Crippen LogP contribution < -0.4 is 5.32 Å². The van der Waals surface area contributed by atoms with Gasteiger partial charge in [0.05, 0.1) is 5.69 Å². The van der Waals surface area contributed by atoms with Crippen molar-refractivity contribution in [1.82, 2.24) is 15.5 Å². The lowest BCUT2D eigenvalue weighted by atomic mass is 10.0. The second kappa shape index (κ2) is 4.71. The molecule has 2 N–H and O–H groups in total. The van der Waals surface area contributed by atoms with E-state index in [0.29, 0.717) is 12.1 Å². The van der Waals surface area contributed by atoms with Crippen molar-refractivity contribution in [2.24, 2.45) is 10.8 Å². The summed E-state index contributed by atoms with van der Waals surface area (Å²) in [7, 11) is 1.40. The molecule has 1 aliphatic rings. The molecule has 0 aliphatic heterocycles. The molecule has 1 aliphatic carbocycles. The second-order valence-corrected chi connectivity index (χ2v) is 9.02. The fraction of sp³-hybridized carbons (Fsp3) is 0.692. The molecule has 0 spiro atoms. The molecule has 0 atom stereocenters. The van der Waals surface area contributed by atoms with Gasteiger partial charge in [-0.3, -0.25) is 9.89 Å². The standard InChI is InChI=1S/C13H20ClN3O3S/c1-6-7-9(21(14,19)20)8(17-16-7)10(18)15-11-12(2,3)13(11,4)5/h11H,6H2,1-5H3,(H,15,18)(H,16,17). The van der Waals surface area contributed by atoms with E-state index in [1.165, 1.54) is 0 Å². The third-order valence-corrected chi connectivity index (χ3v) is 6.29. The quantitative estimate of drug-likeness (QED) is 0.825. The number of hydrogen-bond acceptors (Lipinski definition) is 4. The normalized spacial score (nSPS) is 20.3. The summed E-state index contributed by atoms with van der Waals surface area (Å²) in [5.41, 5.74) is 0.0730. The van der Waals surface area contributed by atoms with Crippen LogP contribution in [0.1, 0.15) is 50.8 Å². The van der Waals surface area contributed by atoms with Crippen LogP contribution in [0.2, 0.25) is 0 Å². The number of aromatic nitrogens is 2. The number of aromatic amines is 1. The van der Waals surface area contributed by atoms with Gasteiger partial charge in [0.15, 0.2) is 5.69 Å². The minimum Gasteiger partial charge on any atom is -0.347 e. The fourth-order valence-electron chi connectivity index (χ4n) is 2.78. The number of hydrogen-bond donors (Lipinski definition) is 2. The van der Waals surface area contributed by atoms with Crippen molar-refractivity contribution in [2.45, 2.75) is 52.0 Å². The Bertz CT molecular complexity index is 678. The summed E-state index contributed by atoms with van der Waals surface area (Å²) in [6.07, 6.45) is 0.391. The molecule has 1 aromatic rings. The van der Waals surface area contributed by atoms with E-state index < -0.39 is 15.0 Å². The van der Waals surface area contributed by atoms with E-state index in [1.807, 2.05) is 0 Å². The Morgan fingerprint density at radius 3 is 2.24 bits per heavy atom. The maximum Gasteiger partial charge on any atom is 0.273 e. The van der Waals surface area contributed by atoms with Crippen LogP contribution in [-0.2, 0) is 15.5 Å². The number of aryl methyl sites for hydroxylation is 1. The van der Waals surface area contributed by atoms with Gasteiger partial charge in [-0.1, -0.05) is 34.6 Å². The van der Waals surface area contributed by atoms with Gasteiger partial charge >= 0.3 is 0 Å². The van der Waals surface area contributed by atoms with Crippen molar-refractivity contribution >= 4 is 25.6 Å². The topological polar surface area (TPSA) is 91.9 Å². The summed E-state index contributed by atoms with van der Waals surface area (Å²) in [5, 5.41) is 9.26. The Kier molecular flexibility index (Phi) is 3.65. The highest BCUT2D eigenvalue weighted by Gasteiger charge is 2.65. The first-order chi connectivity index (χ1) is 9.44. The Morgan fingerprint density at radius 2 is 1.86 bits per heavy atom. The first kappa shape index (κ1) is 16.3. The van der Waals surface area contributed by atoms with Gasteiger partial charge in [0.25, 0.3) is 15.0 Å². The molecule has 0 saturated heterocycles. The van der Waals surface area contributed by atoms with Gasteiger partial charge in [0, 0.05) is 16.7 Å². The highest BCUT2D eigenvalue weighted by atomic mass is 35.7. The third kappa shape index (κ3) is 2.46. The highest BCUT2D eigenvalue weighted by Crippen LogP contribution is 2.62. The number of carbonyl (C=O) groups is 1. The summed E-state index contributed by atoms with van der Waals surface area (Å²) in [4.78, 5) is 12.1. The molecular formula is C13H20ClN3O3S. The highest BCUT2D eigenvalue weighted by molar-refractivity contribution is 8.13. The van der Waals surface area contributed by atoms with Crippen molar-refractivity contribution in [1.29, 1.82) is 0 Å². The Hall–Kier alpha value is -1.08. The average molecular weight is 334 g/mol. The minimum absolute atomic E-state index is 0.0369. The van der Waals surface area contributed by atoms with Gasteiger partial charge in [-0.2, -0.15) is 5.10 Å². The zero-order valence-electron chi connectivity index (χ0n) is 12.7. The summed E-state index contributed by atoms with van der Waals surface area (Å²) in [5.74, 6) is -0.520. The van der Waals surface area contributed by atoms with Crippen LogP contribution in [0.4, 0.5) is 0 Å². The van der Waals surface area contributed by atoms with Crippen molar-refractivity contribution in [3.8, 4) is 0 Å². The summed E-state index contributed by atoms with van der Waals surface area (Å²) >= 11 is 0. The molecule has 0 aromatic carbocycles. The lowest BCUT2D eigenvalue weighted by Gasteiger charge is -2.06. The van der Waals surface area contributed by atoms with Crippen LogP contribution in [-0.4, -0.2) is 30.6 Å². The van der Waals surface area contributed by atoms with Gasteiger partial charge in [0.1, 0.15) is 4.90 Å². The lowest BCUT2D eigenvalue weighted by Crippen LogP contribution is -2.31. The largest absolute Gasteiger partial charge is 0.347 e. The smallest absolute Gasteiger partial charge is 0.273 e. The van der Waals surface area contributed by atoms with Crippen LogP contribution in [0.5, 0.6) is 0 Å². The molecule has 118 valence electrons. The predicted molar refractivity (Wildman–Crippen MR) is 79.8 cm³/mol. The number of amides is 1. The summed E-state index contributed by atoms with van der Waals surface area (Å²) in [6.45, 7) is 9.98. The van der Waals surface area contributed by atoms with Gasteiger partial charge in [-0.15, -0.1) is 0 Å². The zero-order valence-corrected chi connectivity index (χ0v) is 14.3. The van der Waals surface area contributed by atoms with E-state index in [1.54, 1.807) is 6.92 Å². The maximum atomic E-state index is 12.4. The SMILES string of the molecule is CCc1[nH]nc(C(=O)NC2C(C)(C)C2(C)C)c1S(=O)(=O)Cl. The second-order valence-electron chi connectivity index (χ2n) is 6.52. The van der Waals surface area contributed by atoms with E-state index in [2.05, 4.69) is 43.2 Å². The molecule has 1 saturated carbocycles. The number of nitrogens with zero attached hydrogens (tertiary/aromatic N) is 1. The molecule has 1 aromatic heterocycles. The summed E-state index contributed by atoms with van der Waals surface area (Å²) < 4.78 is 23.4. The molecule has 1 fully saturated rings. The third-order valence-electron chi connectivity index (χ3n) is 4.90. The molecule has 0 radical (unpaired) electrons. The zero-order chi connectivity index (χ0) is 16.2. The molecule has 8 heteroatoms. The van der Waals surface area contributed by atoms with Crippen molar-refractivity contribution in [3.63, 3.8) is 0 Å². The van der Waals surface area contributed by atoms with Gasteiger partial charge in [-0.05, 0) is 17.3 Å². The summed E-state index contributed by atoms with van der Waals surface area (Å²) in [6, 6.07) is -0.0369. The van der Waals surface area contributed by atoms with Crippen molar-refractivity contribution in [2.75, 3.05) is 0 Å². The van der Waals surface area contributed by atoms with E-state index in [4.69, 9.17) is 10.7 Å². The first-order valence-corrected chi connectivity index (χ1v) is 9.08. The monoisotopic (exact) mass is 333 g/mol. The van der Waals surface area contributed by atoms with E-state index in [9.17, 15) is 13.2 Å².